The number of thiophene rings is 1. The van der Waals surface area contributed by atoms with Gasteiger partial charge < -0.3 is 0 Å². The fraction of sp³-hybridized carbons (Fsp3) is 0.429. The summed E-state index contributed by atoms with van der Waals surface area (Å²) in [5, 5.41) is 22.3. The molecule has 0 unspecified atom stereocenters. The lowest BCUT2D eigenvalue weighted by atomic mass is 10.1. The monoisotopic (exact) mass is 216 g/mol. The Balaban J connectivity index is 2.71. The van der Waals surface area contributed by atoms with Gasteiger partial charge in [-0.15, -0.1) is 11.3 Å². The highest BCUT2D eigenvalue weighted by Crippen LogP contribution is 2.21. The van der Waals surface area contributed by atoms with E-state index in [9.17, 15) is 20.2 Å². The van der Waals surface area contributed by atoms with Gasteiger partial charge in [-0.1, -0.05) is 6.07 Å². The molecule has 0 bridgehead atoms. The van der Waals surface area contributed by atoms with Crippen LogP contribution in [0.25, 0.3) is 0 Å². The van der Waals surface area contributed by atoms with Crippen LogP contribution in [0, 0.1) is 20.2 Å². The lowest BCUT2D eigenvalue weighted by Crippen LogP contribution is -2.19. The smallest absolute Gasteiger partial charge is 0.217 e. The predicted octanol–water partition coefficient (Wildman–Crippen LogP) is 1.39. The molecule has 1 aromatic rings. The van der Waals surface area contributed by atoms with Crippen LogP contribution in [0.3, 0.4) is 0 Å². The van der Waals surface area contributed by atoms with Crippen molar-refractivity contribution < 1.29 is 9.85 Å². The van der Waals surface area contributed by atoms with Crippen LogP contribution in [-0.4, -0.2) is 22.9 Å². The molecule has 0 saturated carbocycles. The third-order valence-corrected chi connectivity index (χ3v) is 2.72. The maximum Gasteiger partial charge on any atom is 0.217 e. The molecule has 1 rings (SSSR count). The van der Waals surface area contributed by atoms with E-state index in [-0.39, 0.29) is 13.1 Å². The summed E-state index contributed by atoms with van der Waals surface area (Å²) in [6.45, 7) is -0.775. The predicted molar refractivity (Wildman–Crippen MR) is 50.8 cm³/mol. The van der Waals surface area contributed by atoms with Crippen molar-refractivity contribution in [2.24, 2.45) is 0 Å². The molecule has 1 heterocycles. The summed E-state index contributed by atoms with van der Waals surface area (Å²) in [5.41, 5.74) is 0. The molecule has 0 saturated heterocycles. The van der Waals surface area contributed by atoms with Gasteiger partial charge in [0, 0.05) is 14.7 Å². The summed E-state index contributed by atoms with van der Waals surface area (Å²) in [6.07, 6.45) is 0. The number of hydrogen-bond donors (Lipinski definition) is 0. The standard InChI is InChI=1S/C7H8N2O4S/c10-8(11)4-6(5-9(12)13)7-2-1-3-14-7/h1-3,6H,4-5H2. The highest BCUT2D eigenvalue weighted by atomic mass is 32.1. The highest BCUT2D eigenvalue weighted by molar-refractivity contribution is 7.10. The zero-order valence-corrected chi connectivity index (χ0v) is 7.98. The van der Waals surface area contributed by atoms with Crippen molar-refractivity contribution in [1.82, 2.24) is 0 Å². The van der Waals surface area contributed by atoms with E-state index in [1.165, 1.54) is 11.3 Å². The topological polar surface area (TPSA) is 86.3 Å². The molecule has 76 valence electrons. The minimum Gasteiger partial charge on any atom is -0.265 e. The Labute approximate surface area is 83.5 Å². The van der Waals surface area contributed by atoms with E-state index in [0.29, 0.717) is 4.88 Å². The Morgan fingerprint density at radius 3 is 2.21 bits per heavy atom. The molecule has 7 heteroatoms. The molecular formula is C7H8N2O4S. The Morgan fingerprint density at radius 1 is 1.29 bits per heavy atom. The molecule has 0 aliphatic rings. The maximum absolute atomic E-state index is 10.3. The molecule has 0 radical (unpaired) electrons. The maximum atomic E-state index is 10.3. The van der Waals surface area contributed by atoms with E-state index in [1.807, 2.05) is 0 Å². The van der Waals surface area contributed by atoms with Crippen LogP contribution < -0.4 is 0 Å². The fourth-order valence-corrected chi connectivity index (χ4v) is 1.93. The molecule has 6 nitrogen and oxygen atoms in total. The van der Waals surface area contributed by atoms with Gasteiger partial charge in [0.15, 0.2) is 0 Å². The molecule has 0 aliphatic carbocycles. The van der Waals surface area contributed by atoms with Gasteiger partial charge in [0.25, 0.3) is 0 Å². The molecule has 0 N–H and O–H groups in total. The number of nitro groups is 2. The van der Waals surface area contributed by atoms with Crippen LogP contribution in [0.15, 0.2) is 17.5 Å². The molecule has 0 aromatic carbocycles. The normalized spacial score (nSPS) is 10.4. The van der Waals surface area contributed by atoms with Crippen molar-refractivity contribution in [3.05, 3.63) is 42.6 Å². The zero-order chi connectivity index (χ0) is 10.6. The fourth-order valence-electron chi connectivity index (χ4n) is 1.12. The molecule has 0 atom stereocenters. The van der Waals surface area contributed by atoms with Crippen LogP contribution in [0.1, 0.15) is 10.8 Å². The quantitative estimate of drug-likeness (QED) is 0.549. The summed E-state index contributed by atoms with van der Waals surface area (Å²) in [6, 6.07) is 3.41. The van der Waals surface area contributed by atoms with Gasteiger partial charge >= 0.3 is 0 Å². The van der Waals surface area contributed by atoms with Crippen molar-refractivity contribution >= 4 is 11.3 Å². The third-order valence-electron chi connectivity index (χ3n) is 1.68. The minimum absolute atomic E-state index is 0.387. The molecule has 14 heavy (non-hydrogen) atoms. The Hall–Kier alpha value is -1.50. The Kier molecular flexibility index (Phi) is 3.52. The van der Waals surface area contributed by atoms with Gasteiger partial charge in [-0.3, -0.25) is 20.2 Å². The van der Waals surface area contributed by atoms with Gasteiger partial charge in [0.05, 0.1) is 0 Å². The van der Waals surface area contributed by atoms with E-state index < -0.39 is 15.8 Å². The molecule has 0 amide bonds. The summed E-state index contributed by atoms with van der Waals surface area (Å²) < 4.78 is 0. The summed E-state index contributed by atoms with van der Waals surface area (Å²) in [4.78, 5) is 20.2. The van der Waals surface area contributed by atoms with E-state index in [0.717, 1.165) is 0 Å². The van der Waals surface area contributed by atoms with Gasteiger partial charge in [-0.2, -0.15) is 0 Å². The second-order valence-corrected chi connectivity index (χ2v) is 3.72. The van der Waals surface area contributed by atoms with Crippen molar-refractivity contribution in [3.63, 3.8) is 0 Å². The lowest BCUT2D eigenvalue weighted by molar-refractivity contribution is -0.516. The van der Waals surface area contributed by atoms with Crippen LogP contribution in [0.2, 0.25) is 0 Å². The molecule has 0 spiro atoms. The number of rotatable bonds is 5. The Bertz CT molecular complexity index is 308. The van der Waals surface area contributed by atoms with E-state index >= 15 is 0 Å². The van der Waals surface area contributed by atoms with Crippen LogP contribution in [-0.2, 0) is 0 Å². The second-order valence-electron chi connectivity index (χ2n) is 2.74. The van der Waals surface area contributed by atoms with Crippen LogP contribution in [0.5, 0.6) is 0 Å². The number of nitrogens with zero attached hydrogens (tertiary/aromatic N) is 2. The van der Waals surface area contributed by atoms with E-state index in [4.69, 9.17) is 0 Å². The van der Waals surface area contributed by atoms with Crippen molar-refractivity contribution in [2.75, 3.05) is 13.1 Å². The van der Waals surface area contributed by atoms with Crippen LogP contribution in [0.4, 0.5) is 0 Å². The minimum atomic E-state index is -0.611. The first-order chi connectivity index (χ1) is 6.59. The van der Waals surface area contributed by atoms with E-state index in [2.05, 4.69) is 0 Å². The molecule has 1 aromatic heterocycles. The third kappa shape index (κ3) is 3.09. The first-order valence-electron chi connectivity index (χ1n) is 3.86. The second kappa shape index (κ2) is 4.66. The zero-order valence-electron chi connectivity index (χ0n) is 7.16. The summed E-state index contributed by atoms with van der Waals surface area (Å²) >= 11 is 1.31. The van der Waals surface area contributed by atoms with E-state index in [1.54, 1.807) is 17.5 Å². The first-order valence-corrected chi connectivity index (χ1v) is 4.74. The largest absolute Gasteiger partial charge is 0.265 e. The number of hydrogen-bond acceptors (Lipinski definition) is 5. The van der Waals surface area contributed by atoms with Crippen molar-refractivity contribution in [3.8, 4) is 0 Å². The molecule has 0 aliphatic heterocycles. The van der Waals surface area contributed by atoms with Gasteiger partial charge in [0.2, 0.25) is 13.1 Å². The van der Waals surface area contributed by atoms with Crippen LogP contribution >= 0.6 is 11.3 Å². The van der Waals surface area contributed by atoms with Gasteiger partial charge in [0.1, 0.15) is 5.92 Å². The average molecular weight is 216 g/mol. The Morgan fingerprint density at radius 2 is 1.86 bits per heavy atom. The SMILES string of the molecule is O=[N+]([O-])CC(C[N+](=O)[O-])c1cccs1. The lowest BCUT2D eigenvalue weighted by Gasteiger charge is -2.04. The molecule has 0 fully saturated rings. The molecular weight excluding hydrogens is 208 g/mol. The van der Waals surface area contributed by atoms with Gasteiger partial charge in [-0.05, 0) is 11.4 Å². The van der Waals surface area contributed by atoms with Crippen molar-refractivity contribution in [2.45, 2.75) is 5.92 Å². The van der Waals surface area contributed by atoms with Crippen molar-refractivity contribution in [1.29, 1.82) is 0 Å². The van der Waals surface area contributed by atoms with Gasteiger partial charge in [-0.25, -0.2) is 0 Å². The summed E-state index contributed by atoms with van der Waals surface area (Å²) in [7, 11) is 0. The summed E-state index contributed by atoms with van der Waals surface area (Å²) in [5.74, 6) is -0.611. The average Bonchev–Trinajstić information content (AvgIpc) is 2.52. The first kappa shape index (κ1) is 10.6. The highest BCUT2D eigenvalue weighted by Gasteiger charge is 2.24.